The van der Waals surface area contributed by atoms with Crippen molar-refractivity contribution in [3.8, 4) is 0 Å². The minimum atomic E-state index is -3.52. The fraction of sp³-hybridized carbons (Fsp3) is 0.562. The molecule has 116 valence electrons. The summed E-state index contributed by atoms with van der Waals surface area (Å²) in [5.74, 6) is 0.254. The summed E-state index contributed by atoms with van der Waals surface area (Å²) >= 11 is 0. The van der Waals surface area contributed by atoms with Crippen LogP contribution >= 0.6 is 0 Å². The Balaban J connectivity index is 2.08. The maximum absolute atomic E-state index is 12.3. The van der Waals surface area contributed by atoms with Crippen LogP contribution in [0.5, 0.6) is 0 Å². The van der Waals surface area contributed by atoms with Gasteiger partial charge in [-0.3, -0.25) is 4.79 Å². The Morgan fingerprint density at radius 3 is 1.95 bits per heavy atom. The van der Waals surface area contributed by atoms with E-state index in [2.05, 4.69) is 32.4 Å². The molecule has 0 saturated heterocycles. The van der Waals surface area contributed by atoms with Crippen LogP contribution in [-0.4, -0.2) is 20.7 Å². The quantitative estimate of drug-likeness (QED) is 0.851. The lowest BCUT2D eigenvalue weighted by molar-refractivity contribution is 0.101. The number of Topliss-reactive ketones (excluding diaryl/α,β-unsaturated/α-hetero) is 1. The smallest absolute Gasteiger partial charge is 0.240 e. The van der Waals surface area contributed by atoms with Crippen LogP contribution in [0.3, 0.4) is 0 Å². The van der Waals surface area contributed by atoms with Gasteiger partial charge in [-0.05, 0) is 35.8 Å². The van der Waals surface area contributed by atoms with Gasteiger partial charge in [0.1, 0.15) is 0 Å². The standard InChI is InChI=1S/C16H23NO3S/c1-11(18)12-6-8-13(9-7-12)21(19,20)17-10-14-15(2,3)16(14,4)5/h6-9,14,17H,10H2,1-5H3. The number of carbonyl (C=O) groups excluding carboxylic acids is 1. The van der Waals surface area contributed by atoms with Gasteiger partial charge in [-0.25, -0.2) is 13.1 Å². The van der Waals surface area contributed by atoms with Crippen LogP contribution in [0, 0.1) is 16.7 Å². The van der Waals surface area contributed by atoms with Crippen LogP contribution in [0.25, 0.3) is 0 Å². The lowest BCUT2D eigenvalue weighted by Crippen LogP contribution is -2.27. The molecule has 1 aliphatic rings. The molecular formula is C16H23NO3S. The average Bonchev–Trinajstić information content (AvgIpc) is 2.77. The highest BCUT2D eigenvalue weighted by molar-refractivity contribution is 7.89. The van der Waals surface area contributed by atoms with E-state index < -0.39 is 10.0 Å². The van der Waals surface area contributed by atoms with E-state index in [1.165, 1.54) is 19.1 Å². The molecule has 0 aliphatic heterocycles. The van der Waals surface area contributed by atoms with E-state index in [4.69, 9.17) is 0 Å². The Kier molecular flexibility index (Phi) is 3.79. The molecular weight excluding hydrogens is 286 g/mol. The first-order chi connectivity index (χ1) is 9.50. The van der Waals surface area contributed by atoms with Gasteiger partial charge in [-0.1, -0.05) is 39.8 Å². The molecule has 0 amide bonds. The van der Waals surface area contributed by atoms with E-state index in [0.29, 0.717) is 18.0 Å². The molecule has 0 unspecified atom stereocenters. The van der Waals surface area contributed by atoms with Gasteiger partial charge in [-0.2, -0.15) is 0 Å². The zero-order chi connectivity index (χ0) is 16.1. The molecule has 0 atom stereocenters. The molecule has 2 rings (SSSR count). The van der Waals surface area contributed by atoms with Crippen molar-refractivity contribution >= 4 is 15.8 Å². The summed E-state index contributed by atoms with van der Waals surface area (Å²) in [4.78, 5) is 11.4. The van der Waals surface area contributed by atoms with Gasteiger partial charge in [0.25, 0.3) is 0 Å². The average molecular weight is 309 g/mol. The van der Waals surface area contributed by atoms with E-state index in [1.54, 1.807) is 12.1 Å². The maximum Gasteiger partial charge on any atom is 0.240 e. The Labute approximate surface area is 127 Å². The summed E-state index contributed by atoms with van der Waals surface area (Å²) in [5, 5.41) is 0. The summed E-state index contributed by atoms with van der Waals surface area (Å²) in [6, 6.07) is 6.04. The third-order valence-corrected chi connectivity index (χ3v) is 6.81. The van der Waals surface area contributed by atoms with E-state index in [-0.39, 0.29) is 21.5 Å². The molecule has 0 heterocycles. The Hall–Kier alpha value is -1.20. The van der Waals surface area contributed by atoms with Gasteiger partial charge in [-0.15, -0.1) is 0 Å². The van der Waals surface area contributed by atoms with Crippen LogP contribution in [0.1, 0.15) is 45.0 Å². The lowest BCUT2D eigenvalue weighted by atomic mass is 10.0. The summed E-state index contributed by atoms with van der Waals surface area (Å²) in [6.45, 7) is 10.5. The van der Waals surface area contributed by atoms with Crippen molar-refractivity contribution in [1.82, 2.24) is 4.72 Å². The molecule has 5 heteroatoms. The van der Waals surface area contributed by atoms with Crippen molar-refractivity contribution < 1.29 is 13.2 Å². The molecule has 4 nitrogen and oxygen atoms in total. The van der Waals surface area contributed by atoms with Crippen molar-refractivity contribution in [3.63, 3.8) is 0 Å². The van der Waals surface area contributed by atoms with E-state index in [0.717, 1.165) is 0 Å². The molecule has 0 radical (unpaired) electrons. The van der Waals surface area contributed by atoms with Crippen LogP contribution in [0.15, 0.2) is 29.2 Å². The molecule has 1 aromatic carbocycles. The fourth-order valence-corrected chi connectivity index (χ4v) is 4.04. The third-order valence-electron chi connectivity index (χ3n) is 5.37. The first-order valence-corrected chi connectivity index (χ1v) is 8.59. The predicted octanol–water partition coefficient (Wildman–Crippen LogP) is 2.85. The maximum atomic E-state index is 12.3. The minimum absolute atomic E-state index is 0.0756. The van der Waals surface area contributed by atoms with E-state index in [1.807, 2.05) is 0 Å². The summed E-state index contributed by atoms with van der Waals surface area (Å²) in [5.41, 5.74) is 0.806. The van der Waals surface area contributed by atoms with Gasteiger partial charge in [0.2, 0.25) is 10.0 Å². The highest BCUT2D eigenvalue weighted by Gasteiger charge is 2.64. The van der Waals surface area contributed by atoms with Crippen molar-refractivity contribution in [2.24, 2.45) is 16.7 Å². The Morgan fingerprint density at radius 2 is 1.57 bits per heavy atom. The number of carbonyl (C=O) groups is 1. The van der Waals surface area contributed by atoms with Gasteiger partial charge < -0.3 is 0 Å². The van der Waals surface area contributed by atoms with Gasteiger partial charge >= 0.3 is 0 Å². The summed E-state index contributed by atoms with van der Waals surface area (Å²) in [7, 11) is -3.52. The fourth-order valence-electron chi connectivity index (χ4n) is 2.99. The molecule has 1 N–H and O–H groups in total. The molecule has 1 aromatic rings. The molecule has 21 heavy (non-hydrogen) atoms. The molecule has 1 fully saturated rings. The lowest BCUT2D eigenvalue weighted by Gasteiger charge is -2.08. The molecule has 1 saturated carbocycles. The summed E-state index contributed by atoms with van der Waals surface area (Å²) in [6.07, 6.45) is 0. The third kappa shape index (κ3) is 2.77. The van der Waals surface area contributed by atoms with Crippen molar-refractivity contribution in [3.05, 3.63) is 29.8 Å². The Morgan fingerprint density at radius 1 is 1.10 bits per heavy atom. The second-order valence-electron chi connectivity index (χ2n) is 6.93. The number of rotatable bonds is 5. The van der Waals surface area contributed by atoms with Crippen LogP contribution in [0.4, 0.5) is 0 Å². The highest BCUT2D eigenvalue weighted by atomic mass is 32.2. The van der Waals surface area contributed by atoms with Crippen molar-refractivity contribution in [2.75, 3.05) is 6.54 Å². The van der Waals surface area contributed by atoms with E-state index in [9.17, 15) is 13.2 Å². The number of hydrogen-bond acceptors (Lipinski definition) is 3. The number of hydrogen-bond donors (Lipinski definition) is 1. The zero-order valence-corrected chi connectivity index (χ0v) is 14.0. The van der Waals surface area contributed by atoms with Crippen LogP contribution < -0.4 is 4.72 Å². The van der Waals surface area contributed by atoms with Gasteiger partial charge in [0, 0.05) is 12.1 Å². The van der Waals surface area contributed by atoms with Crippen LogP contribution in [-0.2, 0) is 10.0 Å². The predicted molar refractivity (Wildman–Crippen MR) is 82.7 cm³/mol. The first kappa shape index (κ1) is 16.2. The molecule has 1 aliphatic carbocycles. The number of ketones is 1. The topological polar surface area (TPSA) is 63.2 Å². The normalized spacial score (nSPS) is 20.2. The number of sulfonamides is 1. The Bertz CT molecular complexity index is 643. The van der Waals surface area contributed by atoms with Crippen molar-refractivity contribution in [2.45, 2.75) is 39.5 Å². The first-order valence-electron chi connectivity index (χ1n) is 7.11. The van der Waals surface area contributed by atoms with Crippen LogP contribution in [0.2, 0.25) is 0 Å². The summed E-state index contributed by atoms with van der Waals surface area (Å²) < 4.78 is 27.2. The van der Waals surface area contributed by atoms with Crippen molar-refractivity contribution in [1.29, 1.82) is 0 Å². The number of benzene rings is 1. The highest BCUT2D eigenvalue weighted by Crippen LogP contribution is 2.67. The zero-order valence-electron chi connectivity index (χ0n) is 13.2. The molecule has 0 bridgehead atoms. The monoisotopic (exact) mass is 309 g/mol. The molecule has 0 spiro atoms. The largest absolute Gasteiger partial charge is 0.295 e. The minimum Gasteiger partial charge on any atom is -0.295 e. The van der Waals surface area contributed by atoms with Gasteiger partial charge in [0.15, 0.2) is 5.78 Å². The van der Waals surface area contributed by atoms with E-state index >= 15 is 0 Å². The molecule has 0 aromatic heterocycles. The second kappa shape index (κ2) is 4.92. The number of nitrogens with one attached hydrogen (secondary N) is 1. The van der Waals surface area contributed by atoms with Gasteiger partial charge in [0.05, 0.1) is 4.90 Å². The second-order valence-corrected chi connectivity index (χ2v) is 8.70. The SMILES string of the molecule is CC(=O)c1ccc(S(=O)(=O)NCC2C(C)(C)C2(C)C)cc1.